The van der Waals surface area contributed by atoms with Crippen molar-refractivity contribution >= 4 is 29.9 Å². The van der Waals surface area contributed by atoms with Gasteiger partial charge in [-0.15, -0.1) is 24.0 Å². The van der Waals surface area contributed by atoms with Crippen molar-refractivity contribution in [3.8, 4) is 11.5 Å². The number of para-hydroxylation sites is 2. The molecule has 2 aliphatic heterocycles. The zero-order valence-corrected chi connectivity index (χ0v) is 19.4. The summed E-state index contributed by atoms with van der Waals surface area (Å²) < 4.78 is 11.7. The first-order valence-corrected chi connectivity index (χ1v) is 9.98. The Morgan fingerprint density at radius 2 is 1.96 bits per heavy atom. The van der Waals surface area contributed by atoms with Crippen molar-refractivity contribution in [2.24, 2.45) is 4.99 Å². The molecular weight excluding hydrogens is 469 g/mol. The molecule has 2 N–H and O–H groups in total. The molecule has 0 saturated carbocycles. The number of rotatable bonds is 6. The van der Waals surface area contributed by atoms with Gasteiger partial charge in [-0.1, -0.05) is 12.1 Å². The van der Waals surface area contributed by atoms with Gasteiger partial charge in [0.15, 0.2) is 17.5 Å². The third kappa shape index (κ3) is 7.29. The average Bonchev–Trinajstić information content (AvgIpc) is 2.91. The first kappa shape index (κ1) is 23.0. The van der Waals surface area contributed by atoms with Gasteiger partial charge in [-0.05, 0) is 51.7 Å². The average molecular weight is 503 g/mol. The van der Waals surface area contributed by atoms with E-state index in [9.17, 15) is 0 Å². The number of hydrogen-bond acceptors (Lipinski definition) is 5. The van der Waals surface area contributed by atoms with Crippen molar-refractivity contribution in [3.05, 3.63) is 24.3 Å². The molecule has 1 atom stereocenters. The zero-order chi connectivity index (χ0) is 18.9. The zero-order valence-electron chi connectivity index (χ0n) is 17.0. The summed E-state index contributed by atoms with van der Waals surface area (Å²) in [6, 6.07) is 7.79. The molecule has 1 unspecified atom stereocenters. The molecule has 1 saturated heterocycles. The number of nitrogens with one attached hydrogen (secondary N) is 2. The topological polar surface area (TPSA) is 61.4 Å². The summed E-state index contributed by atoms with van der Waals surface area (Å²) in [6.07, 6.45) is 2.35. The Labute approximate surface area is 185 Å². The van der Waals surface area contributed by atoms with E-state index in [2.05, 4.69) is 32.5 Å². The maximum Gasteiger partial charge on any atom is 0.191 e. The Kier molecular flexibility index (Phi) is 10.1. The van der Waals surface area contributed by atoms with Gasteiger partial charge in [0.1, 0.15) is 12.7 Å². The summed E-state index contributed by atoms with van der Waals surface area (Å²) in [5, 5.41) is 6.74. The fourth-order valence-electron chi connectivity index (χ4n) is 3.43. The number of nitrogens with zero attached hydrogens (tertiary/aromatic N) is 3. The third-order valence-electron chi connectivity index (χ3n) is 5.04. The molecule has 0 aliphatic carbocycles. The van der Waals surface area contributed by atoms with Gasteiger partial charge >= 0.3 is 0 Å². The number of fused-ring (bicyclic) bond motifs is 1. The third-order valence-corrected chi connectivity index (χ3v) is 5.04. The van der Waals surface area contributed by atoms with Crippen molar-refractivity contribution in [3.63, 3.8) is 0 Å². The first-order valence-electron chi connectivity index (χ1n) is 9.98. The minimum Gasteiger partial charge on any atom is -0.486 e. The second-order valence-electron chi connectivity index (χ2n) is 7.23. The molecule has 1 aromatic carbocycles. The van der Waals surface area contributed by atoms with Crippen molar-refractivity contribution in [1.82, 2.24) is 20.4 Å². The van der Waals surface area contributed by atoms with Crippen molar-refractivity contribution in [2.45, 2.75) is 18.9 Å². The van der Waals surface area contributed by atoms with Gasteiger partial charge in [-0.3, -0.25) is 4.99 Å². The van der Waals surface area contributed by atoms with E-state index in [0.717, 1.165) is 37.0 Å². The molecule has 0 spiro atoms. The molecule has 2 heterocycles. The van der Waals surface area contributed by atoms with Crippen LogP contribution < -0.4 is 20.1 Å². The van der Waals surface area contributed by atoms with Crippen LogP contribution in [0.25, 0.3) is 0 Å². The smallest absolute Gasteiger partial charge is 0.191 e. The van der Waals surface area contributed by atoms with Crippen molar-refractivity contribution < 1.29 is 9.47 Å². The molecule has 3 rings (SSSR count). The normalized spacial score (nSPS) is 20.8. The molecular formula is C20H34IN5O2. The summed E-state index contributed by atoms with van der Waals surface area (Å²) in [5.41, 5.74) is 0. The molecule has 0 radical (unpaired) electrons. The second kappa shape index (κ2) is 12.3. The Morgan fingerprint density at radius 1 is 1.14 bits per heavy atom. The lowest BCUT2D eigenvalue weighted by atomic mass is 10.2. The number of guanidine groups is 1. The maximum absolute atomic E-state index is 5.97. The highest BCUT2D eigenvalue weighted by atomic mass is 127. The van der Waals surface area contributed by atoms with Crippen LogP contribution in [0.5, 0.6) is 11.5 Å². The predicted molar refractivity (Wildman–Crippen MR) is 124 cm³/mol. The molecule has 0 aromatic heterocycles. The van der Waals surface area contributed by atoms with Crippen LogP contribution >= 0.6 is 24.0 Å². The SMILES string of the molecule is CN=C(NCCCN1CCCN(C)CC1)NCC1COc2ccccc2O1.I. The lowest BCUT2D eigenvalue weighted by Crippen LogP contribution is -2.45. The highest BCUT2D eigenvalue weighted by Crippen LogP contribution is 2.30. The Hall–Kier alpha value is -1.26. The first-order chi connectivity index (χ1) is 13.2. The fourth-order valence-corrected chi connectivity index (χ4v) is 3.43. The lowest BCUT2D eigenvalue weighted by Gasteiger charge is -2.27. The van der Waals surface area contributed by atoms with E-state index in [1.807, 2.05) is 24.3 Å². The van der Waals surface area contributed by atoms with Crippen LogP contribution in [0.4, 0.5) is 0 Å². The van der Waals surface area contributed by atoms with E-state index in [4.69, 9.17) is 9.47 Å². The number of halogens is 1. The molecule has 1 aromatic rings. The summed E-state index contributed by atoms with van der Waals surface area (Å²) in [5.74, 6) is 2.44. The number of hydrogen-bond donors (Lipinski definition) is 2. The summed E-state index contributed by atoms with van der Waals surface area (Å²) in [7, 11) is 4.01. The largest absolute Gasteiger partial charge is 0.486 e. The standard InChI is InChI=1S/C20H33N5O2.HI/c1-21-20(22-9-5-11-25-12-6-10-24(2)13-14-25)23-15-17-16-26-18-7-3-4-8-19(18)27-17;/h3-4,7-8,17H,5-6,9-16H2,1-2H3,(H2,21,22,23);1H. The Bertz CT molecular complexity index is 616. The predicted octanol–water partition coefficient (Wildman–Crippen LogP) is 1.64. The van der Waals surface area contributed by atoms with Crippen LogP contribution in [0.3, 0.4) is 0 Å². The second-order valence-corrected chi connectivity index (χ2v) is 7.23. The monoisotopic (exact) mass is 503 g/mol. The van der Waals surface area contributed by atoms with E-state index in [1.54, 1.807) is 7.05 Å². The fraction of sp³-hybridized carbons (Fsp3) is 0.650. The number of likely N-dealkylation sites (N-methyl/N-ethyl adjacent to an activating group) is 1. The van der Waals surface area contributed by atoms with Gasteiger partial charge in [-0.2, -0.15) is 0 Å². The summed E-state index contributed by atoms with van der Waals surface area (Å²) in [4.78, 5) is 9.28. The van der Waals surface area contributed by atoms with E-state index >= 15 is 0 Å². The maximum atomic E-state index is 5.97. The van der Waals surface area contributed by atoms with Crippen molar-refractivity contribution in [2.75, 3.05) is 66.5 Å². The summed E-state index contributed by atoms with van der Waals surface area (Å²) >= 11 is 0. The highest BCUT2D eigenvalue weighted by Gasteiger charge is 2.20. The minimum absolute atomic E-state index is 0. The highest BCUT2D eigenvalue weighted by molar-refractivity contribution is 14.0. The molecule has 7 nitrogen and oxygen atoms in total. The van der Waals surface area contributed by atoms with Crippen LogP contribution in [0.1, 0.15) is 12.8 Å². The summed E-state index contributed by atoms with van der Waals surface area (Å²) in [6.45, 7) is 8.01. The van der Waals surface area contributed by atoms with Gasteiger partial charge in [0.2, 0.25) is 0 Å². The lowest BCUT2D eigenvalue weighted by molar-refractivity contribution is 0.0936. The Balaban J connectivity index is 0.00000280. The molecule has 158 valence electrons. The molecule has 8 heteroatoms. The van der Waals surface area contributed by atoms with Gasteiger partial charge < -0.3 is 29.9 Å². The van der Waals surface area contributed by atoms with E-state index in [-0.39, 0.29) is 30.1 Å². The van der Waals surface area contributed by atoms with E-state index < -0.39 is 0 Å². The van der Waals surface area contributed by atoms with Crippen molar-refractivity contribution in [1.29, 1.82) is 0 Å². The van der Waals surface area contributed by atoms with Crippen LogP contribution in [0.15, 0.2) is 29.3 Å². The molecule has 28 heavy (non-hydrogen) atoms. The van der Waals surface area contributed by atoms with Gasteiger partial charge in [-0.25, -0.2) is 0 Å². The van der Waals surface area contributed by atoms with Gasteiger partial charge in [0.05, 0.1) is 6.54 Å². The minimum atomic E-state index is -0.0208. The molecule has 2 aliphatic rings. The van der Waals surface area contributed by atoms with Crippen LogP contribution in [-0.2, 0) is 0 Å². The van der Waals surface area contributed by atoms with E-state index in [0.29, 0.717) is 13.2 Å². The number of ether oxygens (including phenoxy) is 2. The quantitative estimate of drug-likeness (QED) is 0.267. The van der Waals surface area contributed by atoms with Gasteiger partial charge in [0.25, 0.3) is 0 Å². The van der Waals surface area contributed by atoms with Crippen LogP contribution in [0.2, 0.25) is 0 Å². The van der Waals surface area contributed by atoms with E-state index in [1.165, 1.54) is 32.6 Å². The van der Waals surface area contributed by atoms with Gasteiger partial charge in [0, 0.05) is 26.7 Å². The number of benzene rings is 1. The molecule has 0 bridgehead atoms. The van der Waals surface area contributed by atoms with Crippen LogP contribution in [-0.4, -0.2) is 88.4 Å². The molecule has 1 fully saturated rings. The Morgan fingerprint density at radius 3 is 2.79 bits per heavy atom. The number of aliphatic imine (C=N–C) groups is 1. The molecule has 0 amide bonds. The van der Waals surface area contributed by atoms with Crippen LogP contribution in [0, 0.1) is 0 Å².